The van der Waals surface area contributed by atoms with Gasteiger partial charge in [0.25, 0.3) is 5.72 Å². The molecule has 4 nitrogen and oxygen atoms in total. The summed E-state index contributed by atoms with van der Waals surface area (Å²) in [6, 6.07) is 19.7. The first-order valence-electron chi connectivity index (χ1n) is 9.48. The fourth-order valence-corrected chi connectivity index (χ4v) is 4.76. The van der Waals surface area contributed by atoms with Crippen LogP contribution in [-0.4, -0.2) is 28.6 Å². The summed E-state index contributed by atoms with van der Waals surface area (Å²) in [6.45, 7) is 0.472. The van der Waals surface area contributed by atoms with Crippen molar-refractivity contribution in [2.75, 3.05) is 12.8 Å². The predicted octanol–water partition coefficient (Wildman–Crippen LogP) is 6.54. The number of rotatable bonds is 2. The van der Waals surface area contributed by atoms with Crippen LogP contribution < -0.4 is 0 Å². The van der Waals surface area contributed by atoms with Gasteiger partial charge in [-0.2, -0.15) is 0 Å². The van der Waals surface area contributed by atoms with E-state index < -0.39 is 5.72 Å². The smallest absolute Gasteiger partial charge is 0.265 e. The molecule has 0 fully saturated rings. The molecule has 5 rings (SSSR count). The van der Waals surface area contributed by atoms with Gasteiger partial charge in [0.05, 0.1) is 22.8 Å². The zero-order chi connectivity index (χ0) is 21.6. The Morgan fingerprint density at radius 2 is 1.84 bits per heavy atom. The number of hydrogen-bond donors (Lipinski definition) is 0. The molecule has 1 atom stereocenters. The maximum absolute atomic E-state index is 13.8. The number of oxime groups is 1. The molecule has 0 saturated carbocycles. The Balaban J connectivity index is 1.77. The second-order valence-corrected chi connectivity index (χ2v) is 9.35. The van der Waals surface area contributed by atoms with Crippen molar-refractivity contribution in [1.82, 2.24) is 4.90 Å². The fourth-order valence-electron chi connectivity index (χ4n) is 3.88. The highest BCUT2D eigenvalue weighted by molar-refractivity contribution is 9.10. The first-order chi connectivity index (χ1) is 15.0. The van der Waals surface area contributed by atoms with E-state index in [0.29, 0.717) is 17.4 Å². The van der Waals surface area contributed by atoms with Crippen molar-refractivity contribution in [2.45, 2.75) is 5.72 Å². The van der Waals surface area contributed by atoms with Crippen LogP contribution in [0, 0.1) is 5.82 Å². The van der Waals surface area contributed by atoms with Crippen molar-refractivity contribution in [2.24, 2.45) is 10.1 Å². The van der Waals surface area contributed by atoms with E-state index in [4.69, 9.17) is 21.4 Å². The van der Waals surface area contributed by atoms with Crippen LogP contribution in [0.3, 0.4) is 0 Å². The lowest BCUT2D eigenvalue weighted by Gasteiger charge is -2.37. The molecule has 0 saturated heterocycles. The number of thioether (sulfide) groups is 1. The minimum atomic E-state index is -1.13. The Morgan fingerprint density at radius 1 is 1.10 bits per heavy atom. The molecular formula is C23H16BrClFN3OS. The molecule has 8 heteroatoms. The molecule has 0 bridgehead atoms. The van der Waals surface area contributed by atoms with E-state index in [1.807, 2.05) is 42.7 Å². The minimum Gasteiger partial charge on any atom is -0.355 e. The zero-order valence-corrected chi connectivity index (χ0v) is 19.5. The number of benzene rings is 3. The van der Waals surface area contributed by atoms with E-state index in [-0.39, 0.29) is 5.82 Å². The van der Waals surface area contributed by atoms with Crippen molar-refractivity contribution in [3.8, 4) is 0 Å². The van der Waals surface area contributed by atoms with Gasteiger partial charge in [0.1, 0.15) is 5.82 Å². The number of halogens is 3. The second-order valence-electron chi connectivity index (χ2n) is 7.12. The van der Waals surface area contributed by atoms with Gasteiger partial charge in [0.15, 0.2) is 5.84 Å². The van der Waals surface area contributed by atoms with Crippen molar-refractivity contribution in [3.63, 3.8) is 0 Å². The predicted molar refractivity (Wildman–Crippen MR) is 128 cm³/mol. The van der Waals surface area contributed by atoms with E-state index in [1.54, 1.807) is 30.0 Å². The summed E-state index contributed by atoms with van der Waals surface area (Å²) in [5.41, 5.74) is 2.01. The molecule has 0 N–H and O–H groups in total. The lowest BCUT2D eigenvalue weighted by molar-refractivity contribution is -0.0646. The van der Waals surface area contributed by atoms with E-state index >= 15 is 0 Å². The average Bonchev–Trinajstić information content (AvgIpc) is 3.08. The molecule has 0 radical (unpaired) electrons. The summed E-state index contributed by atoms with van der Waals surface area (Å²) < 4.78 is 14.8. The minimum absolute atomic E-state index is 0.320. The van der Waals surface area contributed by atoms with Crippen LogP contribution in [0.25, 0.3) is 0 Å². The molecule has 2 aliphatic heterocycles. The van der Waals surface area contributed by atoms with E-state index in [2.05, 4.69) is 26.0 Å². The summed E-state index contributed by atoms with van der Waals surface area (Å²) >= 11 is 11.5. The average molecular weight is 517 g/mol. The molecule has 0 aliphatic carbocycles. The maximum Gasteiger partial charge on any atom is 0.265 e. The molecule has 3 aromatic rings. The van der Waals surface area contributed by atoms with Crippen LogP contribution >= 0.6 is 39.3 Å². The Hall–Kier alpha value is -2.35. The summed E-state index contributed by atoms with van der Waals surface area (Å²) in [5.74, 6) is 0.353. The van der Waals surface area contributed by atoms with Gasteiger partial charge >= 0.3 is 0 Å². The van der Waals surface area contributed by atoms with Crippen LogP contribution in [-0.2, 0) is 10.6 Å². The quantitative estimate of drug-likeness (QED) is 0.388. The van der Waals surface area contributed by atoms with Gasteiger partial charge in [0, 0.05) is 20.6 Å². The molecule has 0 amide bonds. The lowest BCUT2D eigenvalue weighted by Crippen LogP contribution is -2.48. The summed E-state index contributed by atoms with van der Waals surface area (Å²) in [7, 11) is 0. The summed E-state index contributed by atoms with van der Waals surface area (Å²) in [5, 5.41) is 5.98. The van der Waals surface area contributed by atoms with E-state index in [9.17, 15) is 4.39 Å². The Bertz CT molecular complexity index is 1220. The maximum atomic E-state index is 13.8. The summed E-state index contributed by atoms with van der Waals surface area (Å²) in [6.07, 6.45) is 1.99. The third-order valence-electron chi connectivity index (χ3n) is 5.34. The number of hydrogen-bond acceptors (Lipinski definition) is 5. The molecule has 2 heterocycles. The first-order valence-corrected chi connectivity index (χ1v) is 11.9. The van der Waals surface area contributed by atoms with Gasteiger partial charge in [-0.05, 0) is 60.9 Å². The van der Waals surface area contributed by atoms with Gasteiger partial charge in [-0.3, -0.25) is 4.90 Å². The highest BCUT2D eigenvalue weighted by Crippen LogP contribution is 2.48. The van der Waals surface area contributed by atoms with Crippen LogP contribution in [0.5, 0.6) is 0 Å². The second kappa shape index (κ2) is 7.97. The normalized spacial score (nSPS) is 19.7. The van der Waals surface area contributed by atoms with Gasteiger partial charge in [-0.1, -0.05) is 44.8 Å². The van der Waals surface area contributed by atoms with Crippen molar-refractivity contribution in [3.05, 3.63) is 98.7 Å². The van der Waals surface area contributed by atoms with Crippen molar-refractivity contribution >= 4 is 55.9 Å². The zero-order valence-electron chi connectivity index (χ0n) is 16.3. The van der Waals surface area contributed by atoms with E-state index in [0.717, 1.165) is 31.9 Å². The molecule has 156 valence electrons. The Morgan fingerprint density at radius 3 is 2.55 bits per heavy atom. The van der Waals surface area contributed by atoms with Crippen molar-refractivity contribution < 1.29 is 9.23 Å². The SMILES string of the molecule is CSC1=Nc2ccc(Cl)cc2C2(c3ccc(F)cc3)ON=C(c3ccc(Br)cc3)N2C1. The number of aliphatic imine (C=N–C) groups is 1. The van der Waals surface area contributed by atoms with Gasteiger partial charge in [0.2, 0.25) is 0 Å². The third-order valence-corrected chi connectivity index (χ3v) is 6.79. The molecule has 3 aromatic carbocycles. The first kappa shape index (κ1) is 20.5. The number of amidine groups is 1. The van der Waals surface area contributed by atoms with Crippen LogP contribution in [0.1, 0.15) is 16.7 Å². The highest BCUT2D eigenvalue weighted by Gasteiger charge is 2.52. The number of nitrogens with zero attached hydrogens (tertiary/aromatic N) is 3. The monoisotopic (exact) mass is 515 g/mol. The topological polar surface area (TPSA) is 37.2 Å². The van der Waals surface area contributed by atoms with Gasteiger partial charge in [-0.15, -0.1) is 11.8 Å². The van der Waals surface area contributed by atoms with E-state index in [1.165, 1.54) is 12.1 Å². The van der Waals surface area contributed by atoms with Crippen LogP contribution in [0.4, 0.5) is 10.1 Å². The van der Waals surface area contributed by atoms with Crippen LogP contribution in [0.2, 0.25) is 5.02 Å². The number of fused-ring (bicyclic) bond motifs is 3. The molecule has 31 heavy (non-hydrogen) atoms. The summed E-state index contributed by atoms with van der Waals surface area (Å²) in [4.78, 5) is 13.2. The fraction of sp³-hybridized carbons (Fsp3) is 0.130. The van der Waals surface area contributed by atoms with Crippen molar-refractivity contribution in [1.29, 1.82) is 0 Å². The van der Waals surface area contributed by atoms with Crippen LogP contribution in [0.15, 0.2) is 81.4 Å². The van der Waals surface area contributed by atoms with Gasteiger partial charge in [-0.25, -0.2) is 9.38 Å². The molecule has 1 unspecified atom stereocenters. The Labute approximate surface area is 196 Å². The highest BCUT2D eigenvalue weighted by atomic mass is 79.9. The van der Waals surface area contributed by atoms with Gasteiger partial charge < -0.3 is 4.84 Å². The lowest BCUT2D eigenvalue weighted by atomic mass is 9.91. The molecule has 0 aromatic heterocycles. The largest absolute Gasteiger partial charge is 0.355 e. The molecule has 0 spiro atoms. The standard InChI is InChI=1S/C23H16BrClFN3OS/c1-31-21-13-29-22(14-2-6-16(24)7-3-14)28-30-23(29,15-4-9-18(26)10-5-15)19-12-17(25)8-11-20(19)27-21/h2-12H,13H2,1H3. The molecule has 2 aliphatic rings. The Kier molecular flexibility index (Phi) is 5.28. The third kappa shape index (κ3) is 3.45. The molecular weight excluding hydrogens is 501 g/mol.